The minimum Gasteiger partial charge on any atom is -0.454 e. The monoisotopic (exact) mass is 617 g/mol. The normalized spacial score (nSPS) is 19.8. The number of hydrogen-bond acceptors (Lipinski definition) is 14. The lowest BCUT2D eigenvalue weighted by Crippen LogP contribution is -2.30. The highest BCUT2D eigenvalue weighted by molar-refractivity contribution is 7.46. The molecule has 0 saturated carbocycles. The lowest BCUT2D eigenvalue weighted by Gasteiger charge is -2.18. The first-order valence-electron chi connectivity index (χ1n) is 12.4. The van der Waals surface area contributed by atoms with E-state index in [1.807, 2.05) is 0 Å². The minimum atomic E-state index is -4.96. The van der Waals surface area contributed by atoms with Gasteiger partial charge in [0.1, 0.15) is 30.6 Å². The SMILES string of the molecule is Nc1nc2c(ncn2[C@H]2C[C@H](OP(=O)(O)O)[C@@H](COC(=O)Nc3cnc(-c4cc5cc6c(cc5o4)OCO6)o3)O2)c(=O)[nH]1. The number of rotatable bonds is 7. The Hall–Kier alpha value is -4.94. The molecule has 0 bridgehead atoms. The quantitative estimate of drug-likeness (QED) is 0.163. The number of imidazole rings is 1. The van der Waals surface area contributed by atoms with E-state index >= 15 is 0 Å². The third-order valence-electron chi connectivity index (χ3n) is 6.55. The summed E-state index contributed by atoms with van der Waals surface area (Å²) in [5, 5.41) is 3.09. The van der Waals surface area contributed by atoms with Gasteiger partial charge in [-0.15, -0.1) is 0 Å². The van der Waals surface area contributed by atoms with Gasteiger partial charge >= 0.3 is 13.9 Å². The Morgan fingerprint density at radius 1 is 1.21 bits per heavy atom. The molecular formula is C23H20N7O12P. The van der Waals surface area contributed by atoms with Crippen LogP contribution in [0.1, 0.15) is 12.6 Å². The van der Waals surface area contributed by atoms with Crippen LogP contribution >= 0.6 is 7.82 Å². The van der Waals surface area contributed by atoms with E-state index in [1.165, 1.54) is 17.1 Å². The number of nitrogens with one attached hydrogen (secondary N) is 2. The number of furan rings is 1. The summed E-state index contributed by atoms with van der Waals surface area (Å²) in [6.07, 6.45) is -1.86. The van der Waals surface area contributed by atoms with Crippen molar-refractivity contribution < 1.29 is 51.5 Å². The second-order valence-corrected chi connectivity index (χ2v) is 10.6. The summed E-state index contributed by atoms with van der Waals surface area (Å²) in [6, 6.07) is 5.12. The fraction of sp³-hybridized carbons (Fsp3) is 0.261. The van der Waals surface area contributed by atoms with Crippen LogP contribution in [0.15, 0.2) is 44.4 Å². The maximum atomic E-state index is 12.5. The molecule has 1 fully saturated rings. The second-order valence-electron chi connectivity index (χ2n) is 9.38. The number of nitrogens with two attached hydrogens (primary N) is 1. The molecule has 19 nitrogen and oxygen atoms in total. The van der Waals surface area contributed by atoms with Gasteiger partial charge in [0.15, 0.2) is 28.4 Å². The predicted octanol–water partition coefficient (Wildman–Crippen LogP) is 1.85. The van der Waals surface area contributed by atoms with Crippen LogP contribution in [0.5, 0.6) is 11.5 Å². The number of nitrogens with zero attached hydrogens (tertiary/aromatic N) is 4. The molecule has 5 aromatic rings. The maximum absolute atomic E-state index is 12.5. The average Bonchev–Trinajstić information content (AvgIpc) is 3.74. The van der Waals surface area contributed by atoms with Crippen LogP contribution in [-0.4, -0.2) is 66.0 Å². The van der Waals surface area contributed by atoms with Crippen LogP contribution in [0.3, 0.4) is 0 Å². The molecule has 1 amide bonds. The predicted molar refractivity (Wildman–Crippen MR) is 141 cm³/mol. The van der Waals surface area contributed by atoms with Gasteiger partial charge in [0.25, 0.3) is 11.4 Å². The molecule has 2 aliphatic heterocycles. The van der Waals surface area contributed by atoms with Gasteiger partial charge in [-0.3, -0.25) is 24.2 Å². The van der Waals surface area contributed by atoms with Gasteiger partial charge in [0, 0.05) is 17.9 Å². The standard InChI is InChI=1S/C23H20N7O12P/c24-22-28-19-18(20(31)29-22)26-7-30(19)17-4-13(42-43(33,34)35)15(40-17)6-36-23(32)27-16-5-25-21(41-16)14-2-9-1-11-12(38-8-37-11)3-10(9)39-14/h1-3,5,7,13,15,17H,4,6,8H2,(H,27,32)(H2,33,34,35)(H3,24,28,29,31)/t13-,15+,17+/m0/s1. The molecule has 1 saturated heterocycles. The van der Waals surface area contributed by atoms with Crippen molar-refractivity contribution in [2.24, 2.45) is 0 Å². The van der Waals surface area contributed by atoms with Crippen LogP contribution < -0.4 is 26.1 Å². The van der Waals surface area contributed by atoms with E-state index in [0.29, 0.717) is 17.1 Å². The van der Waals surface area contributed by atoms with Crippen molar-refractivity contribution in [3.8, 4) is 23.1 Å². The van der Waals surface area contributed by atoms with Gasteiger partial charge in [-0.2, -0.15) is 4.98 Å². The zero-order valence-electron chi connectivity index (χ0n) is 21.5. The number of amides is 1. The van der Waals surface area contributed by atoms with Crippen molar-refractivity contribution in [3.63, 3.8) is 0 Å². The van der Waals surface area contributed by atoms with Gasteiger partial charge in [0.05, 0.1) is 12.5 Å². The van der Waals surface area contributed by atoms with E-state index in [1.54, 1.807) is 18.2 Å². The number of phosphoric ester groups is 1. The molecule has 0 radical (unpaired) electrons. The van der Waals surface area contributed by atoms with Crippen molar-refractivity contribution >= 4 is 47.9 Å². The number of hydrogen-bond donors (Lipinski definition) is 5. The first kappa shape index (κ1) is 26.9. The van der Waals surface area contributed by atoms with Crippen LogP contribution in [0, 0.1) is 0 Å². The largest absolute Gasteiger partial charge is 0.469 e. The van der Waals surface area contributed by atoms with Gasteiger partial charge in [-0.05, 0) is 12.1 Å². The third-order valence-corrected chi connectivity index (χ3v) is 7.09. The number of fused-ring (bicyclic) bond motifs is 3. The highest BCUT2D eigenvalue weighted by Crippen LogP contribution is 2.44. The van der Waals surface area contributed by atoms with Crippen molar-refractivity contribution in [3.05, 3.63) is 41.1 Å². The first-order chi connectivity index (χ1) is 20.6. The molecule has 43 heavy (non-hydrogen) atoms. The summed E-state index contributed by atoms with van der Waals surface area (Å²) in [4.78, 5) is 57.9. The van der Waals surface area contributed by atoms with Crippen LogP contribution in [-0.2, 0) is 18.6 Å². The Balaban J connectivity index is 1.02. The van der Waals surface area contributed by atoms with Crippen molar-refractivity contribution in [2.75, 3.05) is 24.5 Å². The Morgan fingerprint density at radius 2 is 2.02 bits per heavy atom. The Labute approximate surface area is 237 Å². The lowest BCUT2D eigenvalue weighted by atomic mass is 10.2. The maximum Gasteiger partial charge on any atom is 0.469 e. The number of carbonyl (C=O) groups excluding carboxylic acids is 1. The van der Waals surface area contributed by atoms with Gasteiger partial charge in [-0.25, -0.2) is 19.3 Å². The lowest BCUT2D eigenvalue weighted by molar-refractivity contribution is -0.0443. The van der Waals surface area contributed by atoms with Gasteiger partial charge < -0.3 is 43.3 Å². The smallest absolute Gasteiger partial charge is 0.454 e. The highest BCUT2D eigenvalue weighted by Gasteiger charge is 2.42. The van der Waals surface area contributed by atoms with E-state index in [-0.39, 0.29) is 47.9 Å². The first-order valence-corrected chi connectivity index (χ1v) is 14.0. The molecule has 6 heterocycles. The molecule has 20 heteroatoms. The van der Waals surface area contributed by atoms with E-state index in [4.69, 9.17) is 38.0 Å². The van der Waals surface area contributed by atoms with Gasteiger partial charge in [-0.1, -0.05) is 0 Å². The molecule has 4 aromatic heterocycles. The topological polar surface area (TPSA) is 262 Å². The molecule has 3 atom stereocenters. The molecule has 1 aromatic carbocycles. The third kappa shape index (κ3) is 5.26. The van der Waals surface area contributed by atoms with Crippen molar-refractivity contribution in [1.29, 1.82) is 0 Å². The van der Waals surface area contributed by atoms with Crippen molar-refractivity contribution in [2.45, 2.75) is 24.9 Å². The van der Waals surface area contributed by atoms with Gasteiger partial charge in [0.2, 0.25) is 18.6 Å². The number of benzene rings is 1. The number of carbonyl (C=O) groups is 1. The summed E-state index contributed by atoms with van der Waals surface area (Å²) < 4.78 is 51.0. The number of anilines is 2. The number of aromatic amines is 1. The second kappa shape index (κ2) is 10.1. The summed E-state index contributed by atoms with van der Waals surface area (Å²) in [5.74, 6) is 1.26. The number of nitrogen functional groups attached to an aromatic ring is 1. The zero-order chi connectivity index (χ0) is 29.9. The fourth-order valence-electron chi connectivity index (χ4n) is 4.74. The molecule has 0 unspecified atom stereocenters. The highest BCUT2D eigenvalue weighted by atomic mass is 31.2. The number of phosphoric acid groups is 1. The molecule has 0 spiro atoms. The fourth-order valence-corrected chi connectivity index (χ4v) is 5.31. The minimum absolute atomic E-state index is 0.0230. The molecule has 224 valence electrons. The van der Waals surface area contributed by atoms with E-state index in [0.717, 1.165) is 5.39 Å². The molecular weight excluding hydrogens is 597 g/mol. The Morgan fingerprint density at radius 3 is 2.84 bits per heavy atom. The number of ether oxygens (including phenoxy) is 4. The van der Waals surface area contributed by atoms with E-state index in [2.05, 4.69) is 25.3 Å². The van der Waals surface area contributed by atoms with Crippen LogP contribution in [0.2, 0.25) is 0 Å². The summed E-state index contributed by atoms with van der Waals surface area (Å²) in [5.41, 5.74) is 5.63. The summed E-state index contributed by atoms with van der Waals surface area (Å²) >= 11 is 0. The zero-order valence-corrected chi connectivity index (χ0v) is 22.4. The molecule has 2 aliphatic rings. The Kier molecular flexibility index (Phi) is 6.33. The summed E-state index contributed by atoms with van der Waals surface area (Å²) in [6.45, 7) is -0.350. The van der Waals surface area contributed by atoms with E-state index < -0.39 is 44.5 Å². The number of oxazole rings is 1. The number of aromatic nitrogens is 5. The molecule has 7 rings (SSSR count). The van der Waals surface area contributed by atoms with Crippen molar-refractivity contribution in [1.82, 2.24) is 24.5 Å². The molecule has 0 aliphatic carbocycles. The summed E-state index contributed by atoms with van der Waals surface area (Å²) in [7, 11) is -4.96. The molecule has 6 N–H and O–H groups in total. The van der Waals surface area contributed by atoms with Crippen LogP contribution in [0.4, 0.5) is 16.6 Å². The Bertz CT molecular complexity index is 1930. The van der Waals surface area contributed by atoms with E-state index in [9.17, 15) is 23.9 Å². The van der Waals surface area contributed by atoms with Crippen LogP contribution in [0.25, 0.3) is 33.8 Å². The average molecular weight is 617 g/mol. The number of H-pyrrole nitrogens is 1.